The molecule has 2 aromatic heterocycles. The second kappa shape index (κ2) is 7.41. The molecule has 0 amide bonds. The van der Waals surface area contributed by atoms with Gasteiger partial charge in [0.15, 0.2) is 0 Å². The van der Waals surface area contributed by atoms with Crippen molar-refractivity contribution in [3.63, 3.8) is 0 Å². The highest BCUT2D eigenvalue weighted by molar-refractivity contribution is 8.34. The minimum atomic E-state index is -0.782. The third-order valence-electron chi connectivity index (χ3n) is 7.64. The number of nitrogens with zero attached hydrogens (tertiary/aromatic N) is 1. The van der Waals surface area contributed by atoms with Crippen molar-refractivity contribution in [3.05, 3.63) is 90.6 Å². The molecule has 2 nitrogen and oxygen atoms in total. The van der Waals surface area contributed by atoms with E-state index in [9.17, 15) is 0 Å². The molecular formula is C29H27B2NOS. The van der Waals surface area contributed by atoms with Crippen LogP contribution in [0.3, 0.4) is 0 Å². The first kappa shape index (κ1) is 21.4. The fraction of sp³-hybridized carbons (Fsp3) is 0.138. The number of benzene rings is 4. The molecule has 2 heterocycles. The van der Waals surface area contributed by atoms with Gasteiger partial charge in [0, 0.05) is 27.9 Å². The van der Waals surface area contributed by atoms with E-state index in [0.717, 1.165) is 33.2 Å². The third-order valence-corrected chi connectivity index (χ3v) is 10.9. The zero-order valence-corrected chi connectivity index (χ0v) is 21.2. The van der Waals surface area contributed by atoms with Gasteiger partial charge in [0.05, 0.1) is 5.69 Å². The summed E-state index contributed by atoms with van der Waals surface area (Å²) in [4.78, 5) is 4.91. The van der Waals surface area contributed by atoms with Crippen molar-refractivity contribution < 1.29 is 4.42 Å². The van der Waals surface area contributed by atoms with Gasteiger partial charge in [-0.05, 0) is 63.2 Å². The second-order valence-electron chi connectivity index (χ2n) is 10.4. The summed E-state index contributed by atoms with van der Waals surface area (Å²) >= 11 is 0. The van der Waals surface area contributed by atoms with E-state index in [2.05, 4.69) is 120 Å². The van der Waals surface area contributed by atoms with Gasteiger partial charge in [0.2, 0.25) is 0 Å². The summed E-state index contributed by atoms with van der Waals surface area (Å²) < 4.78 is 6.78. The predicted octanol–water partition coefficient (Wildman–Crippen LogP) is 6.02. The van der Waals surface area contributed by atoms with E-state index >= 15 is 0 Å². The number of aromatic nitrogens is 1. The molecule has 0 N–H and O–H groups in total. The van der Waals surface area contributed by atoms with Gasteiger partial charge in [-0.2, -0.15) is 0 Å². The number of para-hydroxylation sites is 1. The number of hydrogen-bond donors (Lipinski definition) is 0. The van der Waals surface area contributed by atoms with Crippen LogP contribution in [0, 0.1) is 0 Å². The number of furan rings is 1. The maximum absolute atomic E-state index is 6.68. The van der Waals surface area contributed by atoms with Crippen LogP contribution < -0.4 is 0 Å². The van der Waals surface area contributed by atoms with Crippen LogP contribution in [0.1, 0.15) is 5.56 Å². The summed E-state index contributed by atoms with van der Waals surface area (Å²) in [5.74, 6) is 0. The fourth-order valence-electron chi connectivity index (χ4n) is 4.81. The molecule has 0 unspecified atom stereocenters. The van der Waals surface area contributed by atoms with Gasteiger partial charge in [-0.25, -0.2) is 0 Å². The maximum atomic E-state index is 6.68. The van der Waals surface area contributed by atoms with E-state index in [1.54, 1.807) is 0 Å². The summed E-state index contributed by atoms with van der Waals surface area (Å²) in [5.41, 5.74) is 5.12. The Bertz CT molecular complexity index is 1710. The molecule has 0 spiro atoms. The smallest absolute Gasteiger partial charge is 0.144 e. The highest BCUT2D eigenvalue weighted by atomic mass is 32.3. The van der Waals surface area contributed by atoms with Crippen molar-refractivity contribution in [2.45, 2.75) is 4.55 Å². The summed E-state index contributed by atoms with van der Waals surface area (Å²) in [7, 11) is 3.87. The highest BCUT2D eigenvalue weighted by Gasteiger charge is 2.30. The highest BCUT2D eigenvalue weighted by Crippen LogP contribution is 2.52. The lowest BCUT2D eigenvalue weighted by atomic mass is 9.65. The van der Waals surface area contributed by atoms with Crippen molar-refractivity contribution in [2.24, 2.45) is 0 Å². The molecule has 0 saturated heterocycles. The molecule has 0 radical (unpaired) electrons. The van der Waals surface area contributed by atoms with Crippen molar-refractivity contribution in [1.82, 2.24) is 4.98 Å². The molecule has 0 bridgehead atoms. The first-order valence-electron chi connectivity index (χ1n) is 11.7. The van der Waals surface area contributed by atoms with E-state index < -0.39 is 10.0 Å². The lowest BCUT2D eigenvalue weighted by Gasteiger charge is -2.44. The maximum Gasteiger partial charge on any atom is 0.144 e. The summed E-state index contributed by atoms with van der Waals surface area (Å²) in [5, 5.41) is 7.10. The molecule has 4 aromatic carbocycles. The number of hydrogen-bond acceptors (Lipinski definition) is 2. The van der Waals surface area contributed by atoms with Gasteiger partial charge >= 0.3 is 0 Å². The van der Waals surface area contributed by atoms with Crippen LogP contribution >= 0.6 is 10.0 Å². The lowest BCUT2D eigenvalue weighted by Crippen LogP contribution is -2.32. The van der Waals surface area contributed by atoms with Crippen LogP contribution in [0.2, 0.25) is 0 Å². The molecule has 34 heavy (non-hydrogen) atoms. The van der Waals surface area contributed by atoms with Gasteiger partial charge in [-0.1, -0.05) is 60.7 Å². The quantitative estimate of drug-likeness (QED) is 0.239. The van der Waals surface area contributed by atoms with E-state index in [1.165, 1.54) is 27.1 Å². The molecule has 5 heteroatoms. The van der Waals surface area contributed by atoms with Gasteiger partial charge in [0.25, 0.3) is 0 Å². The molecule has 0 fully saturated rings. The van der Waals surface area contributed by atoms with E-state index in [4.69, 9.17) is 9.40 Å². The van der Waals surface area contributed by atoms with Gasteiger partial charge in [-0.15, -0.1) is 0 Å². The molecule has 6 aromatic rings. The second-order valence-corrected chi connectivity index (χ2v) is 15.1. The number of fused-ring (bicyclic) bond motifs is 7. The first-order chi connectivity index (χ1) is 16.3. The minimum Gasteiger partial charge on any atom is -0.455 e. The zero-order chi connectivity index (χ0) is 23.7. The molecule has 0 aliphatic carbocycles. The Morgan fingerprint density at radius 3 is 2.18 bits per heavy atom. The van der Waals surface area contributed by atoms with Crippen LogP contribution in [-0.4, -0.2) is 39.4 Å². The molecule has 0 atom stereocenters. The average Bonchev–Trinajstić information content (AvgIpc) is 3.22. The van der Waals surface area contributed by atoms with Crippen molar-refractivity contribution in [1.29, 1.82) is 0 Å². The SMILES string of the molecule is BC(B)(c1ccc(-c2cccc3c2oc2c3ccc3ccc4ccccc4c32)nc1)S(C)(C)C. The number of rotatable bonds is 3. The average molecular weight is 459 g/mol. The molecule has 0 saturated carbocycles. The Labute approximate surface area is 203 Å². The van der Waals surface area contributed by atoms with Crippen LogP contribution in [0.5, 0.6) is 0 Å². The molecule has 6 rings (SSSR count). The topological polar surface area (TPSA) is 26.0 Å². The normalized spacial score (nSPS) is 13.3. The molecule has 0 aliphatic rings. The third kappa shape index (κ3) is 3.10. The van der Waals surface area contributed by atoms with Crippen LogP contribution in [0.15, 0.2) is 89.5 Å². The number of pyridine rings is 1. The van der Waals surface area contributed by atoms with E-state index in [1.807, 2.05) is 0 Å². The lowest BCUT2D eigenvalue weighted by molar-refractivity contribution is 0.674. The Hall–Kier alpha value is -3.17. The van der Waals surface area contributed by atoms with Gasteiger partial charge < -0.3 is 4.42 Å². The summed E-state index contributed by atoms with van der Waals surface area (Å²) in [6.45, 7) is 0. The zero-order valence-electron chi connectivity index (χ0n) is 20.3. The largest absolute Gasteiger partial charge is 0.455 e. The van der Waals surface area contributed by atoms with Crippen molar-refractivity contribution in [2.75, 3.05) is 18.8 Å². The fourth-order valence-corrected chi connectivity index (χ4v) is 5.64. The standard InChI is InChI=1S/C29H27B2NOS/c1-34(2,3)29(30,31)20-14-16-25(32-17-20)24-10-6-9-22-23-15-13-19-12-11-18-7-4-5-8-21(18)26(19)28(23)33-27(22)24/h4-17H,30-31H2,1-3H3. The Morgan fingerprint density at radius 1 is 0.706 bits per heavy atom. The predicted molar refractivity (Wildman–Crippen MR) is 156 cm³/mol. The van der Waals surface area contributed by atoms with Gasteiger partial charge in [-0.3, -0.25) is 15.0 Å². The van der Waals surface area contributed by atoms with Crippen molar-refractivity contribution >= 4 is 69.2 Å². The van der Waals surface area contributed by atoms with Crippen molar-refractivity contribution in [3.8, 4) is 11.3 Å². The minimum absolute atomic E-state index is 0.101. The first-order valence-corrected chi connectivity index (χ1v) is 14.5. The Kier molecular flexibility index (Phi) is 4.66. The summed E-state index contributed by atoms with van der Waals surface area (Å²) in [6.07, 6.45) is 9.15. The van der Waals surface area contributed by atoms with Crippen LogP contribution in [0.4, 0.5) is 0 Å². The van der Waals surface area contributed by atoms with Crippen LogP contribution in [-0.2, 0) is 4.55 Å². The molecule has 166 valence electrons. The monoisotopic (exact) mass is 459 g/mol. The summed E-state index contributed by atoms with van der Waals surface area (Å²) in [6, 6.07) is 28.1. The molecule has 0 aliphatic heterocycles. The van der Waals surface area contributed by atoms with E-state index in [-0.39, 0.29) is 4.55 Å². The Morgan fingerprint density at radius 2 is 1.41 bits per heavy atom. The van der Waals surface area contributed by atoms with Gasteiger partial charge in [0.1, 0.15) is 26.9 Å². The molecular weight excluding hydrogens is 432 g/mol. The van der Waals surface area contributed by atoms with E-state index in [0.29, 0.717) is 0 Å². The Balaban J connectivity index is 1.59. The van der Waals surface area contributed by atoms with Crippen LogP contribution in [0.25, 0.3) is 54.7 Å².